The maximum Gasteiger partial charge on any atom is 0.122 e. The molecule has 0 unspecified atom stereocenters. The lowest BCUT2D eigenvalue weighted by atomic mass is 9.78. The minimum absolute atomic E-state index is 0.733. The van der Waals surface area contributed by atoms with Crippen molar-refractivity contribution in [2.24, 2.45) is 5.92 Å². The van der Waals surface area contributed by atoms with Crippen molar-refractivity contribution >= 4 is 0 Å². The molecule has 1 aromatic rings. The van der Waals surface area contributed by atoms with Crippen molar-refractivity contribution in [1.29, 1.82) is 0 Å². The minimum Gasteiger partial charge on any atom is -0.496 e. The van der Waals surface area contributed by atoms with E-state index in [0.29, 0.717) is 0 Å². The zero-order chi connectivity index (χ0) is 15.1. The SMILES string of the molecule is C=C[C@H]1CC[C@H](c2ccc(OC)c(CCCCC)c2)CC1. The van der Waals surface area contributed by atoms with Gasteiger partial charge in [0.05, 0.1) is 7.11 Å². The molecule has 1 nitrogen and oxygen atoms in total. The first-order chi connectivity index (χ1) is 10.3. The molecule has 0 radical (unpaired) electrons. The van der Waals surface area contributed by atoms with Gasteiger partial charge in [-0.2, -0.15) is 0 Å². The normalized spacial score (nSPS) is 22.0. The van der Waals surface area contributed by atoms with Crippen LogP contribution in [0.1, 0.15) is 68.9 Å². The fourth-order valence-electron chi connectivity index (χ4n) is 3.50. The lowest BCUT2D eigenvalue weighted by Crippen LogP contribution is -2.11. The highest BCUT2D eigenvalue weighted by Gasteiger charge is 2.21. The fraction of sp³-hybridized carbons (Fsp3) is 0.600. The molecule has 0 aliphatic heterocycles. The van der Waals surface area contributed by atoms with Gasteiger partial charge in [-0.1, -0.05) is 38.0 Å². The van der Waals surface area contributed by atoms with Gasteiger partial charge in [-0.3, -0.25) is 0 Å². The van der Waals surface area contributed by atoms with E-state index >= 15 is 0 Å². The second-order valence-electron chi connectivity index (χ2n) is 6.38. The van der Waals surface area contributed by atoms with E-state index in [0.717, 1.165) is 24.0 Å². The number of unbranched alkanes of at least 4 members (excludes halogenated alkanes) is 2. The molecule has 0 aromatic heterocycles. The number of aryl methyl sites for hydroxylation is 1. The van der Waals surface area contributed by atoms with Crippen molar-refractivity contribution < 1.29 is 4.74 Å². The van der Waals surface area contributed by atoms with Crippen molar-refractivity contribution in [2.45, 2.75) is 64.2 Å². The van der Waals surface area contributed by atoms with Gasteiger partial charge in [0, 0.05) is 0 Å². The van der Waals surface area contributed by atoms with Crippen molar-refractivity contribution in [3.63, 3.8) is 0 Å². The Kier molecular flexibility index (Phi) is 6.35. The molecule has 1 saturated carbocycles. The van der Waals surface area contributed by atoms with Gasteiger partial charge in [-0.05, 0) is 67.6 Å². The third-order valence-electron chi connectivity index (χ3n) is 4.93. The first kappa shape index (κ1) is 16.1. The van der Waals surface area contributed by atoms with E-state index in [9.17, 15) is 0 Å². The van der Waals surface area contributed by atoms with E-state index < -0.39 is 0 Å². The number of allylic oxidation sites excluding steroid dienone is 1. The van der Waals surface area contributed by atoms with E-state index in [1.54, 1.807) is 7.11 Å². The van der Waals surface area contributed by atoms with Gasteiger partial charge in [-0.25, -0.2) is 0 Å². The van der Waals surface area contributed by atoms with Gasteiger partial charge >= 0.3 is 0 Å². The molecular formula is C20H30O. The van der Waals surface area contributed by atoms with Crippen LogP contribution in [0.5, 0.6) is 5.75 Å². The second kappa shape index (κ2) is 8.26. The minimum atomic E-state index is 0.733. The zero-order valence-corrected chi connectivity index (χ0v) is 13.7. The van der Waals surface area contributed by atoms with Crippen molar-refractivity contribution in [3.05, 3.63) is 42.0 Å². The molecule has 0 spiro atoms. The summed E-state index contributed by atoms with van der Waals surface area (Å²) in [6, 6.07) is 6.87. The zero-order valence-electron chi connectivity index (χ0n) is 13.7. The monoisotopic (exact) mass is 286 g/mol. The fourth-order valence-corrected chi connectivity index (χ4v) is 3.50. The van der Waals surface area contributed by atoms with Crippen molar-refractivity contribution in [3.8, 4) is 5.75 Å². The average molecular weight is 286 g/mol. The molecule has 1 fully saturated rings. The highest BCUT2D eigenvalue weighted by atomic mass is 16.5. The van der Waals surface area contributed by atoms with E-state index in [1.165, 1.54) is 56.1 Å². The maximum absolute atomic E-state index is 5.54. The highest BCUT2D eigenvalue weighted by molar-refractivity contribution is 5.39. The molecule has 0 heterocycles. The van der Waals surface area contributed by atoms with Gasteiger partial charge in [0.1, 0.15) is 5.75 Å². The van der Waals surface area contributed by atoms with Crippen LogP contribution in [0, 0.1) is 5.92 Å². The second-order valence-corrected chi connectivity index (χ2v) is 6.38. The summed E-state index contributed by atoms with van der Waals surface area (Å²) in [5.74, 6) is 2.54. The third-order valence-corrected chi connectivity index (χ3v) is 4.93. The van der Waals surface area contributed by atoms with Crippen LogP contribution in [0.4, 0.5) is 0 Å². The van der Waals surface area contributed by atoms with Crippen molar-refractivity contribution in [2.75, 3.05) is 7.11 Å². The Labute approximate surface area is 130 Å². The molecule has 0 N–H and O–H groups in total. The van der Waals surface area contributed by atoms with Crippen LogP contribution in [0.15, 0.2) is 30.9 Å². The number of hydrogen-bond acceptors (Lipinski definition) is 1. The standard InChI is InChI=1S/C20H30O/c1-4-6-7-8-19-15-18(13-14-20(19)21-3)17-11-9-16(5-2)10-12-17/h5,13-17H,2,4,6-12H2,1,3H3/t16-,17-. The summed E-state index contributed by atoms with van der Waals surface area (Å²) in [4.78, 5) is 0. The lowest BCUT2D eigenvalue weighted by molar-refractivity contribution is 0.375. The predicted molar refractivity (Wildman–Crippen MR) is 91.1 cm³/mol. The van der Waals surface area contributed by atoms with Crippen LogP contribution < -0.4 is 4.74 Å². The first-order valence-electron chi connectivity index (χ1n) is 8.57. The Hall–Kier alpha value is -1.24. The molecule has 1 aliphatic rings. The number of methoxy groups -OCH3 is 1. The highest BCUT2D eigenvalue weighted by Crippen LogP contribution is 2.37. The summed E-state index contributed by atoms with van der Waals surface area (Å²) in [6.45, 7) is 6.20. The Morgan fingerprint density at radius 2 is 1.95 bits per heavy atom. The molecule has 0 saturated heterocycles. The topological polar surface area (TPSA) is 9.23 Å². The summed E-state index contributed by atoms with van der Waals surface area (Å²) < 4.78 is 5.54. The third kappa shape index (κ3) is 4.36. The van der Waals surface area contributed by atoms with E-state index in [4.69, 9.17) is 4.74 Å². The average Bonchev–Trinajstić information content (AvgIpc) is 2.55. The molecular weight excluding hydrogens is 256 g/mol. The van der Waals surface area contributed by atoms with E-state index in [-0.39, 0.29) is 0 Å². The van der Waals surface area contributed by atoms with E-state index in [1.807, 2.05) is 0 Å². The summed E-state index contributed by atoms with van der Waals surface area (Å²) in [7, 11) is 1.79. The number of hydrogen-bond donors (Lipinski definition) is 0. The van der Waals surface area contributed by atoms with Crippen LogP contribution in [0.3, 0.4) is 0 Å². The molecule has 2 rings (SSSR count). The maximum atomic E-state index is 5.54. The van der Waals surface area contributed by atoms with Gasteiger partial charge in [0.15, 0.2) is 0 Å². The number of benzene rings is 1. The van der Waals surface area contributed by atoms with Crippen LogP contribution in [-0.2, 0) is 6.42 Å². The molecule has 1 aliphatic carbocycles. The Balaban J connectivity index is 2.06. The molecule has 1 heteroatoms. The van der Waals surface area contributed by atoms with Crippen LogP contribution >= 0.6 is 0 Å². The van der Waals surface area contributed by atoms with Crippen LogP contribution in [0.2, 0.25) is 0 Å². The summed E-state index contributed by atoms with van der Waals surface area (Å²) in [5.41, 5.74) is 2.92. The molecule has 0 amide bonds. The Morgan fingerprint density at radius 3 is 2.57 bits per heavy atom. The lowest BCUT2D eigenvalue weighted by Gasteiger charge is -2.27. The van der Waals surface area contributed by atoms with Gasteiger partial charge in [-0.15, -0.1) is 6.58 Å². The van der Waals surface area contributed by atoms with Gasteiger partial charge in [0.25, 0.3) is 0 Å². The van der Waals surface area contributed by atoms with E-state index in [2.05, 4.69) is 37.8 Å². The smallest absolute Gasteiger partial charge is 0.122 e. The molecule has 21 heavy (non-hydrogen) atoms. The molecule has 116 valence electrons. The Bertz CT molecular complexity index is 441. The molecule has 0 bridgehead atoms. The van der Waals surface area contributed by atoms with Gasteiger partial charge < -0.3 is 4.74 Å². The van der Waals surface area contributed by atoms with Gasteiger partial charge in [0.2, 0.25) is 0 Å². The summed E-state index contributed by atoms with van der Waals surface area (Å²) in [5, 5.41) is 0. The van der Waals surface area contributed by atoms with Crippen molar-refractivity contribution in [1.82, 2.24) is 0 Å². The summed E-state index contributed by atoms with van der Waals surface area (Å²) >= 11 is 0. The number of ether oxygens (including phenoxy) is 1. The summed E-state index contributed by atoms with van der Waals surface area (Å²) in [6.07, 6.45) is 12.3. The largest absolute Gasteiger partial charge is 0.496 e. The number of rotatable bonds is 7. The molecule has 0 atom stereocenters. The predicted octanol–water partition coefficient (Wildman–Crippen LogP) is 5.89. The quantitative estimate of drug-likeness (QED) is 0.448. The first-order valence-corrected chi connectivity index (χ1v) is 8.57. The van der Waals surface area contributed by atoms with Crippen LogP contribution in [0.25, 0.3) is 0 Å². The Morgan fingerprint density at radius 1 is 1.19 bits per heavy atom. The molecule has 1 aromatic carbocycles. The van der Waals surface area contributed by atoms with Crippen LogP contribution in [-0.4, -0.2) is 7.11 Å².